The van der Waals surface area contributed by atoms with Crippen molar-refractivity contribution in [3.63, 3.8) is 0 Å². The molecule has 0 aliphatic carbocycles. The lowest BCUT2D eigenvalue weighted by atomic mass is 10.1. The minimum atomic E-state index is -0.103. The van der Waals surface area contributed by atoms with Gasteiger partial charge >= 0.3 is 0 Å². The van der Waals surface area contributed by atoms with E-state index in [2.05, 4.69) is 15.9 Å². The van der Waals surface area contributed by atoms with Crippen LogP contribution in [0.15, 0.2) is 45.8 Å². The number of carbonyl (C=O) groups excluding carboxylic acids is 1. The Morgan fingerprint density at radius 3 is 2.95 bits per heavy atom. The normalized spacial score (nSPS) is 13.9. The minimum Gasteiger partial charge on any atom is -0.399 e. The van der Waals surface area contributed by atoms with E-state index in [-0.39, 0.29) is 5.91 Å². The smallest absolute Gasteiger partial charge is 0.259 e. The summed E-state index contributed by atoms with van der Waals surface area (Å²) >= 11 is 11.3. The van der Waals surface area contributed by atoms with Gasteiger partial charge in [0.15, 0.2) is 0 Å². The first-order chi connectivity index (χ1) is 10.1. The molecule has 21 heavy (non-hydrogen) atoms. The molecule has 6 heteroatoms. The van der Waals surface area contributed by atoms with Crippen LogP contribution >= 0.6 is 39.3 Å². The van der Waals surface area contributed by atoms with Crippen molar-refractivity contribution in [2.75, 3.05) is 22.9 Å². The van der Waals surface area contributed by atoms with E-state index in [9.17, 15) is 4.79 Å². The van der Waals surface area contributed by atoms with Crippen molar-refractivity contribution in [1.29, 1.82) is 0 Å². The predicted molar refractivity (Wildman–Crippen MR) is 92.4 cm³/mol. The number of rotatable bonds is 1. The summed E-state index contributed by atoms with van der Waals surface area (Å²) in [6.45, 7) is 0.642. The van der Waals surface area contributed by atoms with Crippen LogP contribution in [0, 0.1) is 0 Å². The fourth-order valence-electron chi connectivity index (χ4n) is 2.26. The minimum absolute atomic E-state index is 0.103. The van der Waals surface area contributed by atoms with Gasteiger partial charge in [-0.1, -0.05) is 17.7 Å². The summed E-state index contributed by atoms with van der Waals surface area (Å²) in [7, 11) is 0. The molecular weight excluding hydrogens is 372 g/mol. The van der Waals surface area contributed by atoms with Crippen LogP contribution < -0.4 is 10.6 Å². The highest BCUT2D eigenvalue weighted by Crippen LogP contribution is 2.37. The molecular formula is C15H12BrClN2OS. The van der Waals surface area contributed by atoms with E-state index in [0.717, 1.165) is 16.3 Å². The van der Waals surface area contributed by atoms with Gasteiger partial charge in [-0.05, 0) is 46.3 Å². The van der Waals surface area contributed by atoms with Gasteiger partial charge in [0, 0.05) is 27.4 Å². The second-order valence-corrected chi connectivity index (χ2v) is 7.00. The Morgan fingerprint density at radius 1 is 1.33 bits per heavy atom. The number of thioether (sulfide) groups is 1. The molecule has 0 saturated heterocycles. The van der Waals surface area contributed by atoms with Crippen LogP contribution in [-0.4, -0.2) is 18.2 Å². The summed E-state index contributed by atoms with van der Waals surface area (Å²) in [5.74, 6) is 0.752. The molecule has 1 aliphatic heterocycles. The number of hydrogen-bond donors (Lipinski definition) is 1. The SMILES string of the molecule is Nc1ccc2c(c1)N(C(=O)c1cccc(Br)c1Cl)CCS2. The number of fused-ring (bicyclic) bond motifs is 1. The molecule has 0 spiro atoms. The highest BCUT2D eigenvalue weighted by atomic mass is 79.9. The number of anilines is 2. The summed E-state index contributed by atoms with van der Waals surface area (Å²) in [6.07, 6.45) is 0. The van der Waals surface area contributed by atoms with Crippen LogP contribution in [-0.2, 0) is 0 Å². The van der Waals surface area contributed by atoms with Crippen molar-refractivity contribution in [2.24, 2.45) is 0 Å². The molecule has 108 valence electrons. The first-order valence-electron chi connectivity index (χ1n) is 6.36. The molecule has 2 aromatic rings. The average molecular weight is 384 g/mol. The number of hydrogen-bond acceptors (Lipinski definition) is 3. The van der Waals surface area contributed by atoms with Crippen LogP contribution in [0.3, 0.4) is 0 Å². The van der Waals surface area contributed by atoms with Crippen molar-refractivity contribution < 1.29 is 4.79 Å². The van der Waals surface area contributed by atoms with E-state index in [1.54, 1.807) is 22.7 Å². The highest BCUT2D eigenvalue weighted by Gasteiger charge is 2.26. The van der Waals surface area contributed by atoms with E-state index in [1.165, 1.54) is 0 Å². The van der Waals surface area contributed by atoms with Crippen molar-refractivity contribution in [2.45, 2.75) is 4.90 Å². The monoisotopic (exact) mass is 382 g/mol. The molecule has 3 rings (SSSR count). The number of nitrogens with zero attached hydrogens (tertiary/aromatic N) is 1. The van der Waals surface area contributed by atoms with E-state index in [0.29, 0.717) is 27.3 Å². The van der Waals surface area contributed by atoms with Gasteiger partial charge in [-0.25, -0.2) is 0 Å². The van der Waals surface area contributed by atoms with Gasteiger partial charge in [-0.2, -0.15) is 0 Å². The molecule has 0 atom stereocenters. The number of nitrogens with two attached hydrogens (primary N) is 1. The van der Waals surface area contributed by atoms with Crippen molar-refractivity contribution in [3.05, 3.63) is 51.5 Å². The number of halogens is 2. The predicted octanol–water partition coefficient (Wildman–Crippen LogP) is 4.44. The van der Waals surface area contributed by atoms with Gasteiger partial charge in [0.1, 0.15) is 0 Å². The van der Waals surface area contributed by atoms with E-state index < -0.39 is 0 Å². The lowest BCUT2D eigenvalue weighted by Gasteiger charge is -2.29. The second-order valence-electron chi connectivity index (χ2n) is 4.63. The Morgan fingerprint density at radius 2 is 2.14 bits per heavy atom. The van der Waals surface area contributed by atoms with Gasteiger partial charge in [0.25, 0.3) is 5.91 Å². The molecule has 0 saturated carbocycles. The van der Waals surface area contributed by atoms with E-state index >= 15 is 0 Å². The molecule has 0 radical (unpaired) electrons. The van der Waals surface area contributed by atoms with Gasteiger partial charge < -0.3 is 10.6 Å². The Hall–Kier alpha value is -1.17. The zero-order valence-corrected chi connectivity index (χ0v) is 14.1. The number of benzene rings is 2. The Labute approximate surface area is 140 Å². The van der Waals surface area contributed by atoms with E-state index in [1.807, 2.05) is 30.3 Å². The van der Waals surface area contributed by atoms with Crippen LogP contribution in [0.2, 0.25) is 5.02 Å². The number of nitrogen functional groups attached to an aromatic ring is 1. The van der Waals surface area contributed by atoms with E-state index in [4.69, 9.17) is 17.3 Å². The molecule has 2 aromatic carbocycles. The first-order valence-corrected chi connectivity index (χ1v) is 8.52. The third-order valence-electron chi connectivity index (χ3n) is 3.27. The topological polar surface area (TPSA) is 46.3 Å². The summed E-state index contributed by atoms with van der Waals surface area (Å²) in [5.41, 5.74) is 7.85. The largest absolute Gasteiger partial charge is 0.399 e. The maximum Gasteiger partial charge on any atom is 0.259 e. The fraction of sp³-hybridized carbons (Fsp3) is 0.133. The lowest BCUT2D eigenvalue weighted by Crippen LogP contribution is -2.35. The zero-order chi connectivity index (χ0) is 15.0. The molecule has 0 bridgehead atoms. The first kappa shape index (κ1) is 14.8. The Balaban J connectivity index is 2.04. The van der Waals surface area contributed by atoms with Crippen molar-refractivity contribution in [3.8, 4) is 0 Å². The number of amides is 1. The van der Waals surface area contributed by atoms with Gasteiger partial charge in [0.2, 0.25) is 0 Å². The van der Waals surface area contributed by atoms with Gasteiger partial charge in [-0.15, -0.1) is 11.8 Å². The molecule has 0 aromatic heterocycles. The third kappa shape index (κ3) is 2.78. The second kappa shape index (κ2) is 5.91. The van der Waals surface area contributed by atoms with Crippen molar-refractivity contribution >= 4 is 56.6 Å². The maximum atomic E-state index is 12.8. The quantitative estimate of drug-likeness (QED) is 0.741. The molecule has 3 nitrogen and oxygen atoms in total. The van der Waals surface area contributed by atoms with Crippen LogP contribution in [0.4, 0.5) is 11.4 Å². The lowest BCUT2D eigenvalue weighted by molar-refractivity contribution is 0.0988. The summed E-state index contributed by atoms with van der Waals surface area (Å²) in [5, 5.41) is 0.436. The van der Waals surface area contributed by atoms with Crippen LogP contribution in [0.1, 0.15) is 10.4 Å². The average Bonchev–Trinajstić information content (AvgIpc) is 2.48. The molecule has 0 fully saturated rings. The third-order valence-corrected chi connectivity index (χ3v) is 5.61. The summed E-state index contributed by atoms with van der Waals surface area (Å²) in [4.78, 5) is 15.6. The standard InChI is InChI=1S/C15H12BrClN2OS/c16-11-3-1-2-10(14(11)17)15(20)19-6-7-21-13-5-4-9(18)8-12(13)19/h1-5,8H,6-7,18H2. The molecule has 1 aliphatic rings. The fourth-order valence-corrected chi connectivity index (χ4v) is 3.81. The van der Waals surface area contributed by atoms with Crippen LogP contribution in [0.25, 0.3) is 0 Å². The van der Waals surface area contributed by atoms with Crippen LogP contribution in [0.5, 0.6) is 0 Å². The van der Waals surface area contributed by atoms with Crippen molar-refractivity contribution in [1.82, 2.24) is 0 Å². The number of carbonyl (C=O) groups is 1. The Bertz CT molecular complexity index is 723. The zero-order valence-electron chi connectivity index (χ0n) is 11.0. The molecule has 2 N–H and O–H groups in total. The summed E-state index contributed by atoms with van der Waals surface area (Å²) < 4.78 is 0.717. The van der Waals surface area contributed by atoms with Gasteiger partial charge in [-0.3, -0.25) is 4.79 Å². The maximum absolute atomic E-state index is 12.8. The molecule has 1 amide bonds. The molecule has 0 unspecified atom stereocenters. The Kier molecular flexibility index (Phi) is 4.15. The van der Waals surface area contributed by atoms with Gasteiger partial charge in [0.05, 0.1) is 16.3 Å². The molecule has 1 heterocycles. The summed E-state index contributed by atoms with van der Waals surface area (Å²) in [6, 6.07) is 11.0. The highest BCUT2D eigenvalue weighted by molar-refractivity contribution is 9.10.